The van der Waals surface area contributed by atoms with E-state index in [1.807, 2.05) is 32.4 Å². The van der Waals surface area contributed by atoms with Crippen molar-refractivity contribution in [3.63, 3.8) is 0 Å². The molecule has 0 saturated heterocycles. The second kappa shape index (κ2) is 4.17. The zero-order valence-corrected chi connectivity index (χ0v) is 10.6. The van der Waals surface area contributed by atoms with Crippen molar-refractivity contribution in [1.82, 2.24) is 9.55 Å². The number of benzene rings is 1. The zero-order valence-electron chi connectivity index (χ0n) is 10.6. The van der Waals surface area contributed by atoms with Crippen molar-refractivity contribution < 1.29 is 4.79 Å². The Labute approximate surface area is 101 Å². The van der Waals surface area contributed by atoms with Crippen LogP contribution in [0.15, 0.2) is 18.2 Å². The molecule has 0 aliphatic carbocycles. The monoisotopic (exact) mass is 228 g/mol. The van der Waals surface area contributed by atoms with Gasteiger partial charge >= 0.3 is 0 Å². The van der Waals surface area contributed by atoms with Gasteiger partial charge in [0.15, 0.2) is 6.29 Å². The Hall–Kier alpha value is -1.90. The van der Waals surface area contributed by atoms with Crippen LogP contribution in [-0.4, -0.2) is 15.8 Å². The van der Waals surface area contributed by atoms with Gasteiger partial charge in [0, 0.05) is 12.6 Å². The van der Waals surface area contributed by atoms with Crippen LogP contribution in [0, 0.1) is 20.8 Å². The molecule has 3 heteroatoms. The van der Waals surface area contributed by atoms with Crippen molar-refractivity contribution >= 4 is 6.29 Å². The van der Waals surface area contributed by atoms with Gasteiger partial charge in [-0.2, -0.15) is 0 Å². The number of rotatable bonds is 2. The van der Waals surface area contributed by atoms with E-state index in [4.69, 9.17) is 0 Å². The van der Waals surface area contributed by atoms with Gasteiger partial charge in [0.05, 0.1) is 5.69 Å². The molecule has 2 aromatic rings. The Morgan fingerprint density at radius 1 is 1.24 bits per heavy atom. The summed E-state index contributed by atoms with van der Waals surface area (Å²) in [6.07, 6.45) is 0.872. The topological polar surface area (TPSA) is 34.9 Å². The van der Waals surface area contributed by atoms with Gasteiger partial charge in [-0.1, -0.05) is 17.7 Å². The SMILES string of the molecule is Cc1ccc(C)c(-c2nc(C)n(C)c2C=O)c1. The van der Waals surface area contributed by atoms with Crippen molar-refractivity contribution in [3.05, 3.63) is 40.8 Å². The number of hydrogen-bond acceptors (Lipinski definition) is 2. The van der Waals surface area contributed by atoms with Crippen LogP contribution in [0.25, 0.3) is 11.3 Å². The molecule has 0 amide bonds. The van der Waals surface area contributed by atoms with E-state index in [1.165, 1.54) is 5.56 Å². The fourth-order valence-corrected chi connectivity index (χ4v) is 1.95. The molecule has 88 valence electrons. The second-order valence-electron chi connectivity index (χ2n) is 4.39. The molecular formula is C14H16N2O. The summed E-state index contributed by atoms with van der Waals surface area (Å²) in [4.78, 5) is 15.7. The van der Waals surface area contributed by atoms with Gasteiger partial charge < -0.3 is 4.57 Å². The number of carbonyl (C=O) groups is 1. The summed E-state index contributed by atoms with van der Waals surface area (Å²) in [7, 11) is 1.86. The maximum atomic E-state index is 11.2. The van der Waals surface area contributed by atoms with Gasteiger partial charge in [0.25, 0.3) is 0 Å². The quantitative estimate of drug-likeness (QED) is 0.741. The lowest BCUT2D eigenvalue weighted by Crippen LogP contribution is -1.97. The van der Waals surface area contributed by atoms with Gasteiger partial charge in [-0.25, -0.2) is 4.98 Å². The Morgan fingerprint density at radius 3 is 2.59 bits per heavy atom. The predicted molar refractivity (Wildman–Crippen MR) is 68.2 cm³/mol. The maximum Gasteiger partial charge on any atom is 0.168 e. The molecule has 0 spiro atoms. The number of hydrogen-bond donors (Lipinski definition) is 0. The van der Waals surface area contributed by atoms with Crippen molar-refractivity contribution in [2.75, 3.05) is 0 Å². The first-order valence-electron chi connectivity index (χ1n) is 5.60. The molecule has 0 fully saturated rings. The maximum absolute atomic E-state index is 11.2. The predicted octanol–water partition coefficient (Wildman–Crippen LogP) is 2.82. The Morgan fingerprint density at radius 2 is 1.94 bits per heavy atom. The van der Waals surface area contributed by atoms with Crippen molar-refractivity contribution in [1.29, 1.82) is 0 Å². The molecule has 3 nitrogen and oxygen atoms in total. The van der Waals surface area contributed by atoms with E-state index in [0.717, 1.165) is 28.9 Å². The number of aryl methyl sites for hydroxylation is 3. The molecule has 0 saturated carbocycles. The normalized spacial score (nSPS) is 10.6. The molecule has 0 aliphatic rings. The number of carbonyl (C=O) groups excluding carboxylic acids is 1. The van der Waals surface area contributed by atoms with Crippen LogP contribution in [-0.2, 0) is 7.05 Å². The Bertz CT molecular complexity index is 582. The smallest absolute Gasteiger partial charge is 0.168 e. The molecule has 0 unspecified atom stereocenters. The summed E-state index contributed by atoms with van der Waals surface area (Å²) >= 11 is 0. The van der Waals surface area contributed by atoms with Crippen molar-refractivity contribution in [2.45, 2.75) is 20.8 Å². The third-order valence-corrected chi connectivity index (χ3v) is 3.12. The highest BCUT2D eigenvalue weighted by molar-refractivity contribution is 5.85. The highest BCUT2D eigenvalue weighted by atomic mass is 16.1. The van der Waals surface area contributed by atoms with E-state index in [2.05, 4.69) is 23.2 Å². The van der Waals surface area contributed by atoms with Crippen LogP contribution in [0.3, 0.4) is 0 Å². The molecule has 2 rings (SSSR count). The largest absolute Gasteiger partial charge is 0.329 e. The van der Waals surface area contributed by atoms with Gasteiger partial charge in [0.1, 0.15) is 11.5 Å². The molecule has 17 heavy (non-hydrogen) atoms. The first-order valence-corrected chi connectivity index (χ1v) is 5.60. The Kier molecular flexibility index (Phi) is 2.84. The van der Waals surface area contributed by atoms with E-state index < -0.39 is 0 Å². The van der Waals surface area contributed by atoms with Gasteiger partial charge in [-0.15, -0.1) is 0 Å². The highest BCUT2D eigenvalue weighted by Gasteiger charge is 2.14. The molecule has 1 aromatic heterocycles. The minimum atomic E-state index is 0.635. The van der Waals surface area contributed by atoms with E-state index >= 15 is 0 Å². The van der Waals surface area contributed by atoms with Crippen LogP contribution in [0.2, 0.25) is 0 Å². The number of aldehydes is 1. The van der Waals surface area contributed by atoms with E-state index in [9.17, 15) is 4.79 Å². The standard InChI is InChI=1S/C14H16N2O/c1-9-5-6-10(2)12(7-9)14-13(8-17)16(4)11(3)15-14/h5-8H,1-4H3. The summed E-state index contributed by atoms with van der Waals surface area (Å²) in [5.74, 6) is 0.850. The van der Waals surface area contributed by atoms with E-state index in [0.29, 0.717) is 5.69 Å². The average Bonchev–Trinajstić information content (AvgIpc) is 2.58. The van der Waals surface area contributed by atoms with Gasteiger partial charge in [-0.05, 0) is 32.4 Å². The average molecular weight is 228 g/mol. The lowest BCUT2D eigenvalue weighted by atomic mass is 10.0. The fourth-order valence-electron chi connectivity index (χ4n) is 1.95. The third kappa shape index (κ3) is 1.88. The van der Waals surface area contributed by atoms with Gasteiger partial charge in [0.2, 0.25) is 0 Å². The van der Waals surface area contributed by atoms with Crippen LogP contribution < -0.4 is 0 Å². The first kappa shape index (κ1) is 11.6. The van der Waals surface area contributed by atoms with E-state index in [1.54, 1.807) is 0 Å². The highest BCUT2D eigenvalue weighted by Crippen LogP contribution is 2.26. The first-order chi connectivity index (χ1) is 8.04. The van der Waals surface area contributed by atoms with Crippen molar-refractivity contribution in [3.8, 4) is 11.3 Å². The minimum absolute atomic E-state index is 0.635. The Balaban J connectivity index is 2.72. The molecule has 0 aliphatic heterocycles. The molecule has 1 heterocycles. The van der Waals surface area contributed by atoms with Gasteiger partial charge in [-0.3, -0.25) is 4.79 Å². The summed E-state index contributed by atoms with van der Waals surface area (Å²) in [5, 5.41) is 0. The number of nitrogens with zero attached hydrogens (tertiary/aromatic N) is 2. The third-order valence-electron chi connectivity index (χ3n) is 3.12. The van der Waals surface area contributed by atoms with Crippen LogP contribution in [0.1, 0.15) is 27.4 Å². The molecule has 0 bridgehead atoms. The molecule has 0 radical (unpaired) electrons. The number of aromatic nitrogens is 2. The molecular weight excluding hydrogens is 212 g/mol. The summed E-state index contributed by atoms with van der Waals surface area (Å²) in [6.45, 7) is 5.98. The lowest BCUT2D eigenvalue weighted by molar-refractivity contribution is 0.111. The van der Waals surface area contributed by atoms with Crippen LogP contribution in [0.5, 0.6) is 0 Å². The molecule has 0 N–H and O–H groups in total. The van der Waals surface area contributed by atoms with E-state index in [-0.39, 0.29) is 0 Å². The lowest BCUT2D eigenvalue weighted by Gasteiger charge is -2.05. The minimum Gasteiger partial charge on any atom is -0.329 e. The second-order valence-corrected chi connectivity index (χ2v) is 4.39. The fraction of sp³-hybridized carbons (Fsp3) is 0.286. The van der Waals surface area contributed by atoms with Crippen molar-refractivity contribution in [2.24, 2.45) is 7.05 Å². The van der Waals surface area contributed by atoms with Crippen LogP contribution >= 0.6 is 0 Å². The molecule has 0 atom stereocenters. The zero-order chi connectivity index (χ0) is 12.6. The van der Waals surface area contributed by atoms with Crippen LogP contribution in [0.4, 0.5) is 0 Å². The summed E-state index contributed by atoms with van der Waals surface area (Å²) < 4.78 is 1.82. The summed E-state index contributed by atoms with van der Waals surface area (Å²) in [5.41, 5.74) is 4.76. The summed E-state index contributed by atoms with van der Waals surface area (Å²) in [6, 6.07) is 6.20. The molecule has 1 aromatic carbocycles. The number of imidazole rings is 1.